The van der Waals surface area contributed by atoms with Crippen molar-refractivity contribution < 1.29 is 13.5 Å². The molecule has 1 fully saturated rings. The first-order chi connectivity index (χ1) is 16.4. The van der Waals surface area contributed by atoms with Crippen LogP contribution in [-0.4, -0.2) is 47.9 Å². The van der Waals surface area contributed by atoms with E-state index in [1.165, 1.54) is 12.1 Å². The fraction of sp³-hybridized carbons (Fsp3) is 0.375. The molecule has 1 aliphatic carbocycles. The van der Waals surface area contributed by atoms with E-state index in [-0.39, 0.29) is 17.8 Å². The largest absolute Gasteiger partial charge is 0.435 e. The second-order valence-corrected chi connectivity index (χ2v) is 8.88. The Labute approximate surface area is 202 Å². The van der Waals surface area contributed by atoms with Crippen molar-refractivity contribution in [3.05, 3.63) is 48.5 Å². The van der Waals surface area contributed by atoms with Crippen LogP contribution in [0.25, 0.3) is 10.9 Å². The van der Waals surface area contributed by atoms with Crippen molar-refractivity contribution in [3.63, 3.8) is 0 Å². The van der Waals surface area contributed by atoms with Gasteiger partial charge in [-0.1, -0.05) is 12.1 Å². The number of ether oxygens (including phenoxy) is 1. The van der Waals surface area contributed by atoms with Gasteiger partial charge in [0.05, 0.1) is 5.52 Å². The Morgan fingerprint density at radius 2 is 1.68 bits per heavy atom. The van der Waals surface area contributed by atoms with Gasteiger partial charge in [0.2, 0.25) is 5.95 Å². The zero-order valence-electron chi connectivity index (χ0n) is 19.1. The Morgan fingerprint density at radius 1 is 1.00 bits per heavy atom. The number of alkyl halides is 2. The van der Waals surface area contributed by atoms with Crippen molar-refractivity contribution in [2.75, 3.05) is 29.6 Å². The maximum absolute atomic E-state index is 12.3. The lowest BCUT2D eigenvalue weighted by molar-refractivity contribution is -0.0498. The molecule has 4 rings (SSSR count). The highest BCUT2D eigenvalue weighted by molar-refractivity contribution is 7.80. The molecule has 3 aromatic rings. The molecule has 3 N–H and O–H groups in total. The molecule has 1 aliphatic rings. The molecule has 1 heterocycles. The van der Waals surface area contributed by atoms with E-state index in [0.29, 0.717) is 16.7 Å². The zero-order chi connectivity index (χ0) is 24.1. The van der Waals surface area contributed by atoms with Gasteiger partial charge < -0.3 is 25.6 Å². The number of aromatic nitrogens is 2. The Balaban J connectivity index is 1.28. The Morgan fingerprint density at radius 3 is 2.35 bits per heavy atom. The number of thiocarbonyl (C=S) groups is 1. The molecule has 0 amide bonds. The summed E-state index contributed by atoms with van der Waals surface area (Å²) in [5.41, 5.74) is 1.63. The normalized spacial score (nSPS) is 17.9. The summed E-state index contributed by atoms with van der Waals surface area (Å²) in [5, 5.41) is 11.5. The van der Waals surface area contributed by atoms with Crippen LogP contribution in [0.4, 0.5) is 26.2 Å². The van der Waals surface area contributed by atoms with Crippen molar-refractivity contribution >= 4 is 45.7 Å². The number of fused-ring (bicyclic) bond motifs is 1. The molecule has 0 unspecified atom stereocenters. The summed E-state index contributed by atoms with van der Waals surface area (Å²) in [4.78, 5) is 11.4. The van der Waals surface area contributed by atoms with E-state index in [9.17, 15) is 8.78 Å². The molecule has 0 atom stereocenters. The van der Waals surface area contributed by atoms with Crippen LogP contribution in [-0.2, 0) is 0 Å². The Kier molecular flexibility index (Phi) is 7.56. The lowest BCUT2D eigenvalue weighted by Gasteiger charge is -2.30. The van der Waals surface area contributed by atoms with Gasteiger partial charge in [-0.15, -0.1) is 0 Å². The fourth-order valence-electron chi connectivity index (χ4n) is 4.10. The van der Waals surface area contributed by atoms with Gasteiger partial charge >= 0.3 is 6.61 Å². The van der Waals surface area contributed by atoms with Gasteiger partial charge in [0.15, 0.2) is 5.11 Å². The molecule has 0 radical (unpaired) electrons. The van der Waals surface area contributed by atoms with Gasteiger partial charge in [0.25, 0.3) is 0 Å². The van der Waals surface area contributed by atoms with Gasteiger partial charge in [-0.2, -0.15) is 13.8 Å². The monoisotopic (exact) mass is 486 g/mol. The van der Waals surface area contributed by atoms with E-state index < -0.39 is 6.61 Å². The molecule has 0 bridgehead atoms. The van der Waals surface area contributed by atoms with E-state index >= 15 is 0 Å². The SMILES string of the molecule is CN(C)c1nc(NC2CCC(NC(=S)Nc3ccc(OC(F)F)cc3)CC2)nc2ccccc12. The number of para-hydroxylation sites is 1. The van der Waals surface area contributed by atoms with E-state index in [1.807, 2.05) is 43.3 Å². The predicted molar refractivity (Wildman–Crippen MR) is 136 cm³/mol. The standard InChI is InChI=1S/C24H28F2N6OS/c1-32(2)21-19-5-3-4-6-20(19)30-23(31-21)27-15-7-9-16(10-8-15)28-24(34)29-17-11-13-18(14-12-17)33-22(25)26/h3-6,11-16,22H,7-10H2,1-2H3,(H,27,30,31)(H2,28,29,34). The first kappa shape index (κ1) is 23.9. The highest BCUT2D eigenvalue weighted by Crippen LogP contribution is 2.26. The average Bonchev–Trinajstić information content (AvgIpc) is 2.80. The molecule has 2 aromatic carbocycles. The van der Waals surface area contributed by atoms with Gasteiger partial charge in [-0.25, -0.2) is 4.98 Å². The van der Waals surface area contributed by atoms with Gasteiger partial charge in [-0.05, 0) is 74.3 Å². The van der Waals surface area contributed by atoms with Crippen LogP contribution in [0.15, 0.2) is 48.5 Å². The summed E-state index contributed by atoms with van der Waals surface area (Å²) < 4.78 is 28.9. The summed E-state index contributed by atoms with van der Waals surface area (Å²) in [6.07, 6.45) is 3.84. The molecular weight excluding hydrogens is 458 g/mol. The third kappa shape index (κ3) is 6.19. The zero-order valence-corrected chi connectivity index (χ0v) is 19.9. The van der Waals surface area contributed by atoms with Crippen molar-refractivity contribution in [2.24, 2.45) is 0 Å². The summed E-state index contributed by atoms with van der Waals surface area (Å²) in [7, 11) is 3.97. The highest BCUT2D eigenvalue weighted by Gasteiger charge is 2.23. The third-order valence-corrected chi connectivity index (χ3v) is 5.96. The quantitative estimate of drug-likeness (QED) is 0.403. The number of hydrogen-bond acceptors (Lipinski definition) is 6. The lowest BCUT2D eigenvalue weighted by Crippen LogP contribution is -2.42. The van der Waals surface area contributed by atoms with E-state index in [1.54, 1.807) is 12.1 Å². The molecule has 34 heavy (non-hydrogen) atoms. The summed E-state index contributed by atoms with van der Waals surface area (Å²) in [5.74, 6) is 1.65. The second kappa shape index (κ2) is 10.8. The minimum absolute atomic E-state index is 0.110. The molecule has 0 spiro atoms. The van der Waals surface area contributed by atoms with Crippen molar-refractivity contribution in [1.82, 2.24) is 15.3 Å². The topological polar surface area (TPSA) is 74.3 Å². The van der Waals surface area contributed by atoms with Crippen LogP contribution in [0.5, 0.6) is 5.75 Å². The number of rotatable bonds is 7. The second-order valence-electron chi connectivity index (χ2n) is 8.48. The molecule has 7 nitrogen and oxygen atoms in total. The van der Waals surface area contributed by atoms with Crippen LogP contribution in [0, 0.1) is 0 Å². The number of nitrogens with zero attached hydrogens (tertiary/aromatic N) is 3. The van der Waals surface area contributed by atoms with Crippen LogP contribution in [0.2, 0.25) is 0 Å². The molecule has 1 saturated carbocycles. The van der Waals surface area contributed by atoms with E-state index in [2.05, 4.69) is 20.7 Å². The maximum Gasteiger partial charge on any atom is 0.387 e. The lowest BCUT2D eigenvalue weighted by atomic mass is 9.91. The smallest absolute Gasteiger partial charge is 0.387 e. The Hall–Kier alpha value is -3.27. The van der Waals surface area contributed by atoms with Crippen molar-refractivity contribution in [1.29, 1.82) is 0 Å². The summed E-state index contributed by atoms with van der Waals surface area (Å²) in [6.45, 7) is -2.84. The first-order valence-corrected chi connectivity index (χ1v) is 11.6. The molecule has 10 heteroatoms. The number of hydrogen-bond donors (Lipinski definition) is 3. The molecule has 1 aromatic heterocycles. The summed E-state index contributed by atoms with van der Waals surface area (Å²) >= 11 is 5.42. The molecule has 0 aliphatic heterocycles. The summed E-state index contributed by atoms with van der Waals surface area (Å²) in [6, 6.07) is 14.8. The number of anilines is 3. The van der Waals surface area contributed by atoms with Crippen molar-refractivity contribution in [2.45, 2.75) is 44.4 Å². The number of benzene rings is 2. The maximum atomic E-state index is 12.3. The fourth-order valence-corrected chi connectivity index (χ4v) is 4.39. The molecule has 0 saturated heterocycles. The van der Waals surface area contributed by atoms with Gasteiger partial charge in [-0.3, -0.25) is 0 Å². The van der Waals surface area contributed by atoms with Crippen molar-refractivity contribution in [3.8, 4) is 5.75 Å². The number of halogens is 2. The highest BCUT2D eigenvalue weighted by atomic mass is 32.1. The van der Waals surface area contributed by atoms with Crippen LogP contribution in [0.1, 0.15) is 25.7 Å². The van der Waals surface area contributed by atoms with Crippen LogP contribution in [0.3, 0.4) is 0 Å². The predicted octanol–water partition coefficient (Wildman–Crippen LogP) is 5.01. The first-order valence-electron chi connectivity index (χ1n) is 11.2. The minimum atomic E-state index is -2.84. The van der Waals surface area contributed by atoms with E-state index in [0.717, 1.165) is 42.4 Å². The molecular formula is C24H28F2N6OS. The van der Waals surface area contributed by atoms with Crippen LogP contribution < -0.4 is 25.6 Å². The average molecular weight is 487 g/mol. The third-order valence-electron chi connectivity index (χ3n) is 5.74. The van der Waals surface area contributed by atoms with E-state index in [4.69, 9.17) is 22.2 Å². The molecule has 180 valence electrons. The minimum Gasteiger partial charge on any atom is -0.435 e. The van der Waals surface area contributed by atoms with Crippen LogP contribution >= 0.6 is 12.2 Å². The Bertz CT molecular complexity index is 1120. The number of nitrogens with one attached hydrogen (secondary N) is 3. The van der Waals surface area contributed by atoms with Gasteiger partial charge in [0, 0.05) is 37.3 Å². The van der Waals surface area contributed by atoms with Gasteiger partial charge in [0.1, 0.15) is 11.6 Å².